The molecule has 0 saturated heterocycles. The molecule has 0 aliphatic heterocycles. The van der Waals surface area contributed by atoms with Gasteiger partial charge in [-0.15, -0.1) is 0 Å². The van der Waals surface area contributed by atoms with Gasteiger partial charge in [0, 0.05) is 5.97 Å². The molecule has 0 atom stereocenters. The van der Waals surface area contributed by atoms with Crippen molar-refractivity contribution in [3.8, 4) is 0 Å². The Kier molecular flexibility index (Phi) is 21.2. The molecule has 0 amide bonds. The van der Waals surface area contributed by atoms with Gasteiger partial charge in [0.1, 0.15) is 0 Å². The van der Waals surface area contributed by atoms with Gasteiger partial charge < -0.3 is 9.90 Å². The molecule has 2 nitrogen and oxygen atoms in total. The van der Waals surface area contributed by atoms with Crippen molar-refractivity contribution in [1.82, 2.24) is 0 Å². The fourth-order valence-electron chi connectivity index (χ4n) is 2.29. The van der Waals surface area contributed by atoms with Crippen LogP contribution in [0.1, 0.15) is 96.8 Å². The zero-order valence-corrected chi connectivity index (χ0v) is 15.2. The Morgan fingerprint density at radius 3 is 1.32 bits per heavy atom. The number of carbonyl (C=O) groups is 1. The Morgan fingerprint density at radius 2 is 1.00 bits per heavy atom. The maximum Gasteiger partial charge on any atom is 1.00 e. The van der Waals surface area contributed by atoms with Crippen molar-refractivity contribution in [2.45, 2.75) is 96.8 Å². The Morgan fingerprint density at radius 1 is 0.684 bits per heavy atom. The molecule has 19 heavy (non-hydrogen) atoms. The smallest absolute Gasteiger partial charge is 0.550 e. The van der Waals surface area contributed by atoms with Gasteiger partial charge in [0.15, 0.2) is 0 Å². The Bertz CT molecular complexity index is 184. The number of carboxylic acids is 1. The molecule has 0 N–H and O–H groups in total. The van der Waals surface area contributed by atoms with Crippen molar-refractivity contribution in [2.75, 3.05) is 0 Å². The van der Waals surface area contributed by atoms with E-state index in [1.807, 2.05) is 0 Å². The first-order valence-corrected chi connectivity index (χ1v) is 7.97. The van der Waals surface area contributed by atoms with Gasteiger partial charge in [0.25, 0.3) is 0 Å². The summed E-state index contributed by atoms with van der Waals surface area (Å²) in [7, 11) is 0. The average Bonchev–Trinajstić information content (AvgIpc) is 2.34. The molecule has 0 aliphatic rings. The van der Waals surface area contributed by atoms with Gasteiger partial charge >= 0.3 is 29.6 Å². The summed E-state index contributed by atoms with van der Waals surface area (Å²) < 4.78 is 0. The van der Waals surface area contributed by atoms with Crippen LogP contribution in [0.15, 0.2) is 0 Å². The second kappa shape index (κ2) is 18.5. The van der Waals surface area contributed by atoms with Crippen LogP contribution in [0.2, 0.25) is 0 Å². The molecule has 0 aromatic heterocycles. The van der Waals surface area contributed by atoms with E-state index in [4.69, 9.17) is 0 Å². The molecule has 0 fully saturated rings. The molecule has 0 aromatic carbocycles. The fourth-order valence-corrected chi connectivity index (χ4v) is 2.29. The van der Waals surface area contributed by atoms with E-state index in [1.54, 1.807) is 0 Å². The number of rotatable bonds is 14. The second-order valence-electron chi connectivity index (χ2n) is 5.36. The van der Waals surface area contributed by atoms with E-state index in [0.29, 0.717) is 0 Å². The summed E-state index contributed by atoms with van der Waals surface area (Å²) in [6.07, 6.45) is 16.9. The third kappa shape index (κ3) is 20.9. The van der Waals surface area contributed by atoms with Crippen LogP contribution in [-0.4, -0.2) is 5.97 Å². The van der Waals surface area contributed by atoms with Crippen LogP contribution in [0.5, 0.6) is 0 Å². The predicted molar refractivity (Wildman–Crippen MR) is 75.3 cm³/mol. The summed E-state index contributed by atoms with van der Waals surface area (Å²) in [5, 5.41) is 10.2. The first kappa shape index (κ1) is 21.8. The van der Waals surface area contributed by atoms with Crippen molar-refractivity contribution in [3.63, 3.8) is 0 Å². The van der Waals surface area contributed by atoms with Crippen LogP contribution in [0.3, 0.4) is 0 Å². The number of carbonyl (C=O) groups excluding carboxylic acids is 1. The van der Waals surface area contributed by atoms with E-state index < -0.39 is 5.97 Å². The predicted octanol–water partition coefficient (Wildman–Crippen LogP) is 1.22. The summed E-state index contributed by atoms with van der Waals surface area (Å²) in [5.74, 6) is -0.905. The SMILES string of the molecule is CCCCCCCCCCCCCCCC(=O)[O-].[Na+]. The fraction of sp³-hybridized carbons (Fsp3) is 0.938. The molecular formula is C16H31NaO2. The van der Waals surface area contributed by atoms with Gasteiger partial charge in [-0.3, -0.25) is 0 Å². The minimum Gasteiger partial charge on any atom is -0.550 e. The standard InChI is InChI=1S/C16H32O2.Na/c1-2-3-4-5-6-7-8-9-10-11-12-13-14-15-16(17)18;/h2-15H2,1H3,(H,17,18);/q;+1/p-1. The molecule has 0 heterocycles. The van der Waals surface area contributed by atoms with Crippen LogP contribution in [0.4, 0.5) is 0 Å². The Balaban J connectivity index is 0. The normalized spacial score (nSPS) is 10.2. The first-order valence-electron chi connectivity index (χ1n) is 7.97. The quantitative estimate of drug-likeness (QED) is 0.354. The van der Waals surface area contributed by atoms with Gasteiger partial charge in [0.2, 0.25) is 0 Å². The summed E-state index contributed by atoms with van der Waals surface area (Å²) in [6.45, 7) is 2.26. The summed E-state index contributed by atoms with van der Waals surface area (Å²) >= 11 is 0. The van der Waals surface area contributed by atoms with E-state index in [-0.39, 0.29) is 36.0 Å². The molecule has 108 valence electrons. The largest absolute Gasteiger partial charge is 1.00 e. The Labute approximate surface area is 142 Å². The van der Waals surface area contributed by atoms with E-state index in [0.717, 1.165) is 12.8 Å². The third-order valence-corrected chi connectivity index (χ3v) is 3.48. The zero-order chi connectivity index (χ0) is 13.5. The second-order valence-corrected chi connectivity index (χ2v) is 5.36. The van der Waals surface area contributed by atoms with Crippen LogP contribution < -0.4 is 34.7 Å². The van der Waals surface area contributed by atoms with Crippen molar-refractivity contribution in [2.24, 2.45) is 0 Å². The average molecular weight is 278 g/mol. The first-order chi connectivity index (χ1) is 8.77. The van der Waals surface area contributed by atoms with Gasteiger partial charge in [-0.25, -0.2) is 0 Å². The monoisotopic (exact) mass is 278 g/mol. The minimum atomic E-state index is -0.905. The number of hydrogen-bond acceptors (Lipinski definition) is 2. The molecule has 0 spiro atoms. The van der Waals surface area contributed by atoms with Crippen LogP contribution in [0.25, 0.3) is 0 Å². The van der Waals surface area contributed by atoms with E-state index >= 15 is 0 Å². The zero-order valence-electron chi connectivity index (χ0n) is 13.2. The molecule has 0 aromatic rings. The third-order valence-electron chi connectivity index (χ3n) is 3.48. The maximum atomic E-state index is 10.2. The summed E-state index contributed by atoms with van der Waals surface area (Å²) in [5.41, 5.74) is 0. The molecule has 0 aliphatic carbocycles. The number of aliphatic carboxylic acids is 1. The van der Waals surface area contributed by atoms with Crippen LogP contribution in [-0.2, 0) is 4.79 Å². The maximum absolute atomic E-state index is 10.2. The topological polar surface area (TPSA) is 40.1 Å². The molecule has 3 heteroatoms. The van der Waals surface area contributed by atoms with Crippen LogP contribution >= 0.6 is 0 Å². The minimum absolute atomic E-state index is 0. The van der Waals surface area contributed by atoms with E-state index in [2.05, 4.69) is 6.92 Å². The number of hydrogen-bond donors (Lipinski definition) is 0. The van der Waals surface area contributed by atoms with Crippen LogP contribution in [0, 0.1) is 0 Å². The van der Waals surface area contributed by atoms with E-state index in [1.165, 1.54) is 70.6 Å². The number of carboxylic acid groups (broad SMARTS) is 1. The summed E-state index contributed by atoms with van der Waals surface area (Å²) in [6, 6.07) is 0. The van der Waals surface area contributed by atoms with Crippen molar-refractivity contribution < 1.29 is 39.5 Å². The molecule has 0 unspecified atom stereocenters. The Hall–Kier alpha value is 0.470. The molecule has 0 rings (SSSR count). The molecular weight excluding hydrogens is 247 g/mol. The van der Waals surface area contributed by atoms with Crippen molar-refractivity contribution in [1.29, 1.82) is 0 Å². The van der Waals surface area contributed by atoms with Gasteiger partial charge in [-0.05, 0) is 12.8 Å². The molecule has 0 radical (unpaired) electrons. The van der Waals surface area contributed by atoms with E-state index in [9.17, 15) is 9.90 Å². The number of unbranched alkanes of at least 4 members (excludes halogenated alkanes) is 12. The van der Waals surface area contributed by atoms with Gasteiger partial charge in [-0.1, -0.05) is 84.0 Å². The van der Waals surface area contributed by atoms with Gasteiger partial charge in [-0.2, -0.15) is 0 Å². The van der Waals surface area contributed by atoms with Gasteiger partial charge in [0.05, 0.1) is 0 Å². The molecule has 0 bridgehead atoms. The molecule has 0 saturated carbocycles. The van der Waals surface area contributed by atoms with Crippen molar-refractivity contribution in [3.05, 3.63) is 0 Å². The summed E-state index contributed by atoms with van der Waals surface area (Å²) in [4.78, 5) is 10.2. The van der Waals surface area contributed by atoms with Crippen molar-refractivity contribution >= 4 is 5.97 Å².